The summed E-state index contributed by atoms with van der Waals surface area (Å²) in [5.74, 6) is 0.952. The third kappa shape index (κ3) is 3.63. The van der Waals surface area contributed by atoms with Gasteiger partial charge in [-0.3, -0.25) is 4.98 Å². The van der Waals surface area contributed by atoms with Crippen molar-refractivity contribution >= 4 is 35.0 Å². The molecule has 0 bridgehead atoms. The standard InChI is InChI=1S/C13H11Cl2NS/c14-11-2-1-3-12(15)13(11)17-9-6-10-4-7-16-8-5-10/h1-5,7-8H,6,9H2. The maximum Gasteiger partial charge on any atom is 0.0556 e. The quantitative estimate of drug-likeness (QED) is 0.753. The van der Waals surface area contributed by atoms with Crippen LogP contribution in [0.2, 0.25) is 10.0 Å². The Balaban J connectivity index is 1.95. The van der Waals surface area contributed by atoms with Gasteiger partial charge in [0.2, 0.25) is 0 Å². The Labute approximate surface area is 115 Å². The second-order valence-electron chi connectivity index (χ2n) is 3.50. The van der Waals surface area contributed by atoms with E-state index in [1.165, 1.54) is 5.56 Å². The van der Waals surface area contributed by atoms with E-state index in [-0.39, 0.29) is 0 Å². The number of aryl methyl sites for hydroxylation is 1. The third-order valence-electron chi connectivity index (χ3n) is 2.31. The average molecular weight is 284 g/mol. The summed E-state index contributed by atoms with van der Waals surface area (Å²) < 4.78 is 0. The molecule has 2 aromatic rings. The van der Waals surface area contributed by atoms with Crippen molar-refractivity contribution in [1.29, 1.82) is 0 Å². The molecule has 0 aliphatic rings. The lowest BCUT2D eigenvalue weighted by Gasteiger charge is -2.06. The zero-order valence-electron chi connectivity index (χ0n) is 9.07. The molecular weight excluding hydrogens is 273 g/mol. The Morgan fingerprint density at radius 2 is 1.65 bits per heavy atom. The highest BCUT2D eigenvalue weighted by atomic mass is 35.5. The van der Waals surface area contributed by atoms with Gasteiger partial charge < -0.3 is 0 Å². The number of halogens is 2. The van der Waals surface area contributed by atoms with E-state index in [0.29, 0.717) is 0 Å². The van der Waals surface area contributed by atoms with Crippen LogP contribution in [0.15, 0.2) is 47.6 Å². The van der Waals surface area contributed by atoms with Crippen LogP contribution in [-0.4, -0.2) is 10.7 Å². The number of thioether (sulfide) groups is 1. The van der Waals surface area contributed by atoms with Gasteiger partial charge in [-0.1, -0.05) is 29.3 Å². The Morgan fingerprint density at radius 1 is 1.00 bits per heavy atom. The highest BCUT2D eigenvalue weighted by molar-refractivity contribution is 7.99. The van der Waals surface area contributed by atoms with E-state index in [2.05, 4.69) is 4.98 Å². The molecular formula is C13H11Cl2NS. The van der Waals surface area contributed by atoms with Gasteiger partial charge in [0.15, 0.2) is 0 Å². The molecule has 0 N–H and O–H groups in total. The van der Waals surface area contributed by atoms with Gasteiger partial charge >= 0.3 is 0 Å². The number of hydrogen-bond donors (Lipinski definition) is 0. The summed E-state index contributed by atoms with van der Waals surface area (Å²) in [5.41, 5.74) is 1.27. The van der Waals surface area contributed by atoms with Gasteiger partial charge in [0, 0.05) is 23.0 Å². The number of rotatable bonds is 4. The Kier molecular flexibility index (Phi) is 4.72. The molecule has 0 unspecified atom stereocenters. The molecule has 4 heteroatoms. The summed E-state index contributed by atoms with van der Waals surface area (Å²) in [5, 5.41) is 1.44. The topological polar surface area (TPSA) is 12.9 Å². The fourth-order valence-corrected chi connectivity index (χ4v) is 3.12. The van der Waals surface area contributed by atoms with Gasteiger partial charge in [-0.25, -0.2) is 0 Å². The number of pyridine rings is 1. The second kappa shape index (κ2) is 6.29. The Bertz CT molecular complexity index is 468. The van der Waals surface area contributed by atoms with Gasteiger partial charge in [0.25, 0.3) is 0 Å². The van der Waals surface area contributed by atoms with Crippen molar-refractivity contribution in [1.82, 2.24) is 4.98 Å². The summed E-state index contributed by atoms with van der Waals surface area (Å²) in [4.78, 5) is 4.95. The molecule has 0 aliphatic heterocycles. The predicted molar refractivity (Wildman–Crippen MR) is 75.1 cm³/mol. The van der Waals surface area contributed by atoms with Crippen LogP contribution in [0.4, 0.5) is 0 Å². The summed E-state index contributed by atoms with van der Waals surface area (Å²) in [7, 11) is 0. The minimum absolute atomic E-state index is 0.720. The molecule has 1 aromatic carbocycles. The minimum Gasteiger partial charge on any atom is -0.265 e. The van der Waals surface area contributed by atoms with Crippen LogP contribution in [0.5, 0.6) is 0 Å². The highest BCUT2D eigenvalue weighted by Crippen LogP contribution is 2.34. The van der Waals surface area contributed by atoms with E-state index < -0.39 is 0 Å². The molecule has 0 saturated carbocycles. The zero-order chi connectivity index (χ0) is 12.1. The lowest BCUT2D eigenvalue weighted by Crippen LogP contribution is -1.89. The first-order chi connectivity index (χ1) is 8.27. The molecule has 0 aliphatic carbocycles. The average Bonchev–Trinajstić information content (AvgIpc) is 2.34. The third-order valence-corrected chi connectivity index (χ3v) is 4.30. The van der Waals surface area contributed by atoms with Crippen LogP contribution in [-0.2, 0) is 6.42 Å². The lowest BCUT2D eigenvalue weighted by molar-refractivity contribution is 1.13. The second-order valence-corrected chi connectivity index (χ2v) is 5.42. The molecule has 17 heavy (non-hydrogen) atoms. The Morgan fingerprint density at radius 3 is 2.29 bits per heavy atom. The van der Waals surface area contributed by atoms with Crippen LogP contribution < -0.4 is 0 Å². The first-order valence-electron chi connectivity index (χ1n) is 5.23. The molecule has 1 aromatic heterocycles. The van der Waals surface area contributed by atoms with E-state index in [1.807, 2.05) is 42.7 Å². The van der Waals surface area contributed by atoms with Crippen LogP contribution in [0.3, 0.4) is 0 Å². The molecule has 0 spiro atoms. The normalized spacial score (nSPS) is 10.5. The maximum absolute atomic E-state index is 6.10. The van der Waals surface area contributed by atoms with E-state index in [1.54, 1.807) is 11.8 Å². The first kappa shape index (κ1) is 12.7. The van der Waals surface area contributed by atoms with Crippen molar-refractivity contribution in [2.75, 3.05) is 5.75 Å². The van der Waals surface area contributed by atoms with E-state index in [9.17, 15) is 0 Å². The molecule has 0 amide bonds. The van der Waals surface area contributed by atoms with Crippen molar-refractivity contribution in [2.45, 2.75) is 11.3 Å². The van der Waals surface area contributed by atoms with Crippen LogP contribution in [0.25, 0.3) is 0 Å². The summed E-state index contributed by atoms with van der Waals surface area (Å²) in [6.45, 7) is 0. The van der Waals surface area contributed by atoms with Crippen molar-refractivity contribution in [3.63, 3.8) is 0 Å². The van der Waals surface area contributed by atoms with Gasteiger partial charge in [-0.05, 0) is 36.2 Å². The number of aromatic nitrogens is 1. The molecule has 88 valence electrons. The van der Waals surface area contributed by atoms with Gasteiger partial charge in [-0.15, -0.1) is 11.8 Å². The van der Waals surface area contributed by atoms with Crippen molar-refractivity contribution < 1.29 is 0 Å². The lowest BCUT2D eigenvalue weighted by atomic mass is 10.2. The summed E-state index contributed by atoms with van der Waals surface area (Å²) >= 11 is 13.9. The first-order valence-corrected chi connectivity index (χ1v) is 6.97. The predicted octanol–water partition coefficient (Wildman–Crippen LogP) is 4.72. The molecule has 2 rings (SSSR count). The number of nitrogens with zero attached hydrogens (tertiary/aromatic N) is 1. The molecule has 0 radical (unpaired) electrons. The fourth-order valence-electron chi connectivity index (χ4n) is 1.44. The van der Waals surface area contributed by atoms with Gasteiger partial charge in [0.1, 0.15) is 0 Å². The zero-order valence-corrected chi connectivity index (χ0v) is 11.4. The molecule has 0 fully saturated rings. The SMILES string of the molecule is Clc1cccc(Cl)c1SCCc1ccncc1. The fraction of sp³-hybridized carbons (Fsp3) is 0.154. The smallest absolute Gasteiger partial charge is 0.0556 e. The Hall–Kier alpha value is -0.700. The minimum atomic E-state index is 0.720. The van der Waals surface area contributed by atoms with Crippen LogP contribution in [0, 0.1) is 0 Å². The van der Waals surface area contributed by atoms with Gasteiger partial charge in [-0.2, -0.15) is 0 Å². The number of benzene rings is 1. The van der Waals surface area contributed by atoms with Crippen molar-refractivity contribution in [2.24, 2.45) is 0 Å². The monoisotopic (exact) mass is 283 g/mol. The van der Waals surface area contributed by atoms with Crippen molar-refractivity contribution in [3.8, 4) is 0 Å². The summed E-state index contributed by atoms with van der Waals surface area (Å²) in [6, 6.07) is 9.63. The van der Waals surface area contributed by atoms with E-state index in [4.69, 9.17) is 23.2 Å². The van der Waals surface area contributed by atoms with Crippen LogP contribution >= 0.6 is 35.0 Å². The molecule has 0 saturated heterocycles. The van der Waals surface area contributed by atoms with Crippen LogP contribution in [0.1, 0.15) is 5.56 Å². The number of hydrogen-bond acceptors (Lipinski definition) is 2. The summed E-state index contributed by atoms with van der Waals surface area (Å²) in [6.07, 6.45) is 4.60. The molecule has 0 atom stereocenters. The van der Waals surface area contributed by atoms with Gasteiger partial charge in [0.05, 0.1) is 10.0 Å². The largest absolute Gasteiger partial charge is 0.265 e. The van der Waals surface area contributed by atoms with Crippen molar-refractivity contribution in [3.05, 3.63) is 58.3 Å². The van der Waals surface area contributed by atoms with E-state index >= 15 is 0 Å². The molecule has 1 heterocycles. The molecule has 1 nitrogen and oxygen atoms in total. The maximum atomic E-state index is 6.10. The highest BCUT2D eigenvalue weighted by Gasteiger charge is 2.05. The van der Waals surface area contributed by atoms with E-state index in [0.717, 1.165) is 27.1 Å².